The predicted molar refractivity (Wildman–Crippen MR) is 81.2 cm³/mol. The molecule has 0 aliphatic heterocycles. The van der Waals surface area contributed by atoms with Crippen molar-refractivity contribution in [3.8, 4) is 0 Å². The largest absolute Gasteiger partial charge is 0.444 e. The van der Waals surface area contributed by atoms with E-state index >= 15 is 0 Å². The van der Waals surface area contributed by atoms with Crippen molar-refractivity contribution in [3.05, 3.63) is 35.5 Å². The van der Waals surface area contributed by atoms with Gasteiger partial charge in [0.2, 0.25) is 0 Å². The van der Waals surface area contributed by atoms with E-state index in [9.17, 15) is 18.0 Å². The Balaban J connectivity index is 2.05. The molecular weight excluding hydrogens is 309 g/mol. The van der Waals surface area contributed by atoms with Gasteiger partial charge in [-0.05, 0) is 51.0 Å². The zero-order valence-electron chi connectivity index (χ0n) is 13.2. The molecule has 0 atom stereocenters. The number of benzene rings is 1. The number of alkyl halides is 3. The van der Waals surface area contributed by atoms with Crippen LogP contribution in [0.15, 0.2) is 24.4 Å². The van der Waals surface area contributed by atoms with Gasteiger partial charge in [-0.15, -0.1) is 0 Å². The van der Waals surface area contributed by atoms with Crippen molar-refractivity contribution in [2.45, 2.75) is 39.0 Å². The fourth-order valence-electron chi connectivity index (χ4n) is 2.17. The number of carbonyl (C=O) groups excluding carboxylic acids is 1. The number of ether oxygens (including phenoxy) is 1. The average Bonchev–Trinajstić information content (AvgIpc) is 2.78. The minimum Gasteiger partial charge on any atom is -0.444 e. The van der Waals surface area contributed by atoms with E-state index in [1.807, 2.05) is 0 Å². The molecule has 0 saturated heterocycles. The zero-order valence-corrected chi connectivity index (χ0v) is 13.2. The lowest BCUT2D eigenvalue weighted by Crippen LogP contribution is -2.33. The summed E-state index contributed by atoms with van der Waals surface area (Å²) in [6.07, 6.45) is -2.87. The van der Waals surface area contributed by atoms with Crippen LogP contribution in [-0.2, 0) is 17.3 Å². The Labute approximate surface area is 132 Å². The van der Waals surface area contributed by atoms with Gasteiger partial charge in [0, 0.05) is 23.6 Å². The Hall–Kier alpha value is -2.18. The first-order chi connectivity index (χ1) is 10.6. The van der Waals surface area contributed by atoms with Gasteiger partial charge in [0.25, 0.3) is 0 Å². The van der Waals surface area contributed by atoms with Gasteiger partial charge in [-0.25, -0.2) is 4.79 Å². The van der Waals surface area contributed by atoms with Gasteiger partial charge in [0.15, 0.2) is 0 Å². The Morgan fingerprint density at radius 3 is 2.57 bits per heavy atom. The van der Waals surface area contributed by atoms with Crippen molar-refractivity contribution in [3.63, 3.8) is 0 Å². The van der Waals surface area contributed by atoms with Gasteiger partial charge in [0.1, 0.15) is 5.60 Å². The maximum atomic E-state index is 12.8. The Kier molecular flexibility index (Phi) is 4.58. The third kappa shape index (κ3) is 4.64. The van der Waals surface area contributed by atoms with Crippen LogP contribution < -0.4 is 5.32 Å². The molecule has 1 aromatic carbocycles. The highest BCUT2D eigenvalue weighted by Crippen LogP contribution is 2.32. The minimum absolute atomic E-state index is 0.276. The molecule has 1 aromatic heterocycles. The number of aromatic nitrogens is 1. The molecule has 4 nitrogen and oxygen atoms in total. The van der Waals surface area contributed by atoms with Crippen LogP contribution in [-0.4, -0.2) is 23.2 Å². The zero-order chi connectivity index (χ0) is 17.3. The summed E-state index contributed by atoms with van der Waals surface area (Å²) in [5.74, 6) is 0. The summed E-state index contributed by atoms with van der Waals surface area (Å²) >= 11 is 0. The summed E-state index contributed by atoms with van der Waals surface area (Å²) < 4.78 is 43.5. The number of halogens is 3. The second kappa shape index (κ2) is 6.14. The maximum absolute atomic E-state index is 12.8. The van der Waals surface area contributed by atoms with Crippen molar-refractivity contribution in [2.24, 2.45) is 0 Å². The summed E-state index contributed by atoms with van der Waals surface area (Å²) in [6.45, 7) is 5.54. The highest BCUT2D eigenvalue weighted by molar-refractivity contribution is 5.84. The molecule has 23 heavy (non-hydrogen) atoms. The number of H-pyrrole nitrogens is 1. The molecule has 0 saturated carbocycles. The monoisotopic (exact) mass is 328 g/mol. The summed E-state index contributed by atoms with van der Waals surface area (Å²) in [5.41, 5.74) is 0.0605. The molecule has 0 fully saturated rings. The van der Waals surface area contributed by atoms with Crippen LogP contribution in [0, 0.1) is 0 Å². The van der Waals surface area contributed by atoms with Crippen LogP contribution >= 0.6 is 0 Å². The molecule has 0 aliphatic carbocycles. The van der Waals surface area contributed by atoms with E-state index in [2.05, 4.69) is 10.3 Å². The molecule has 0 radical (unpaired) electrons. The molecule has 0 spiro atoms. The Bertz CT molecular complexity index is 699. The molecule has 1 amide bonds. The van der Waals surface area contributed by atoms with E-state index in [0.29, 0.717) is 22.9 Å². The normalized spacial score (nSPS) is 12.4. The first kappa shape index (κ1) is 17.2. The number of nitrogens with one attached hydrogen (secondary N) is 2. The first-order valence-corrected chi connectivity index (χ1v) is 7.20. The molecule has 2 rings (SSSR count). The van der Waals surface area contributed by atoms with Crippen LogP contribution in [0.1, 0.15) is 31.9 Å². The molecule has 0 unspecified atom stereocenters. The van der Waals surface area contributed by atoms with Crippen LogP contribution in [0.5, 0.6) is 0 Å². The predicted octanol–water partition coefficient (Wildman–Crippen LogP) is 4.25. The smallest absolute Gasteiger partial charge is 0.416 e. The Morgan fingerprint density at radius 1 is 1.26 bits per heavy atom. The highest BCUT2D eigenvalue weighted by Gasteiger charge is 2.30. The van der Waals surface area contributed by atoms with E-state index in [-0.39, 0.29) is 6.54 Å². The number of aromatic amines is 1. The van der Waals surface area contributed by atoms with Gasteiger partial charge in [-0.3, -0.25) is 0 Å². The second-order valence-electron chi connectivity index (χ2n) is 6.25. The van der Waals surface area contributed by atoms with Gasteiger partial charge >= 0.3 is 12.3 Å². The van der Waals surface area contributed by atoms with E-state index in [0.717, 1.165) is 12.1 Å². The van der Waals surface area contributed by atoms with Crippen LogP contribution in [0.25, 0.3) is 10.9 Å². The number of hydrogen-bond donors (Lipinski definition) is 2. The molecule has 2 N–H and O–H groups in total. The average molecular weight is 328 g/mol. The number of rotatable bonds is 3. The van der Waals surface area contributed by atoms with Crippen molar-refractivity contribution < 1.29 is 22.7 Å². The topological polar surface area (TPSA) is 54.1 Å². The standard InChI is InChI=1S/C16H19F3N2O2/c1-15(2,3)23-14(22)20-7-6-10-9-21-13-5-4-11(8-12(10)13)16(17,18)19/h4-5,8-9,21H,6-7H2,1-3H3,(H,20,22). The van der Waals surface area contributed by atoms with Crippen LogP contribution in [0.3, 0.4) is 0 Å². The molecule has 0 bridgehead atoms. The number of alkyl carbamates (subject to hydrolysis) is 1. The van der Waals surface area contributed by atoms with E-state index in [1.54, 1.807) is 27.0 Å². The van der Waals surface area contributed by atoms with Crippen molar-refractivity contribution in [1.82, 2.24) is 10.3 Å². The quantitative estimate of drug-likeness (QED) is 0.885. The van der Waals surface area contributed by atoms with E-state index < -0.39 is 23.4 Å². The number of carbonyl (C=O) groups is 1. The second-order valence-corrected chi connectivity index (χ2v) is 6.25. The highest BCUT2D eigenvalue weighted by atomic mass is 19.4. The molecule has 0 aliphatic rings. The molecule has 1 heterocycles. The lowest BCUT2D eigenvalue weighted by Gasteiger charge is -2.19. The summed E-state index contributed by atoms with van der Waals surface area (Å²) in [5, 5.41) is 3.10. The summed E-state index contributed by atoms with van der Waals surface area (Å²) in [4.78, 5) is 14.5. The minimum atomic E-state index is -4.38. The molecular formula is C16H19F3N2O2. The number of fused-ring (bicyclic) bond motifs is 1. The lowest BCUT2D eigenvalue weighted by atomic mass is 10.1. The van der Waals surface area contributed by atoms with Gasteiger partial charge in [0.05, 0.1) is 5.56 Å². The molecule has 2 aromatic rings. The fraction of sp³-hybridized carbons (Fsp3) is 0.438. The van der Waals surface area contributed by atoms with Crippen LogP contribution in [0.4, 0.5) is 18.0 Å². The fourth-order valence-corrected chi connectivity index (χ4v) is 2.17. The van der Waals surface area contributed by atoms with Gasteiger partial charge in [-0.2, -0.15) is 13.2 Å². The first-order valence-electron chi connectivity index (χ1n) is 7.20. The number of hydrogen-bond acceptors (Lipinski definition) is 2. The summed E-state index contributed by atoms with van der Waals surface area (Å²) in [6, 6.07) is 3.57. The van der Waals surface area contributed by atoms with Crippen LogP contribution in [0.2, 0.25) is 0 Å². The van der Waals surface area contributed by atoms with Crippen molar-refractivity contribution in [2.75, 3.05) is 6.54 Å². The Morgan fingerprint density at radius 2 is 1.96 bits per heavy atom. The SMILES string of the molecule is CC(C)(C)OC(=O)NCCc1c[nH]c2ccc(C(F)(F)F)cc12. The third-order valence-electron chi connectivity index (χ3n) is 3.16. The van der Waals surface area contributed by atoms with Crippen molar-refractivity contribution in [1.29, 1.82) is 0 Å². The third-order valence-corrected chi connectivity index (χ3v) is 3.16. The summed E-state index contributed by atoms with van der Waals surface area (Å²) in [7, 11) is 0. The lowest BCUT2D eigenvalue weighted by molar-refractivity contribution is -0.137. The molecule has 126 valence electrons. The van der Waals surface area contributed by atoms with E-state index in [4.69, 9.17) is 4.74 Å². The molecule has 7 heteroatoms. The number of amides is 1. The van der Waals surface area contributed by atoms with Crippen molar-refractivity contribution >= 4 is 17.0 Å². The van der Waals surface area contributed by atoms with Gasteiger partial charge < -0.3 is 15.0 Å². The van der Waals surface area contributed by atoms with E-state index in [1.165, 1.54) is 6.07 Å². The maximum Gasteiger partial charge on any atom is 0.416 e. The van der Waals surface area contributed by atoms with Gasteiger partial charge in [-0.1, -0.05) is 0 Å².